The molecule has 0 saturated carbocycles. The summed E-state index contributed by atoms with van der Waals surface area (Å²) in [7, 11) is 1.73. The van der Waals surface area contributed by atoms with Crippen LogP contribution in [0.3, 0.4) is 0 Å². The van der Waals surface area contributed by atoms with Crippen molar-refractivity contribution in [2.75, 3.05) is 33.4 Å². The molecule has 2 aliphatic rings. The van der Waals surface area contributed by atoms with Gasteiger partial charge in [0.1, 0.15) is 11.6 Å². The van der Waals surface area contributed by atoms with E-state index in [1.54, 1.807) is 7.11 Å². The van der Waals surface area contributed by atoms with Crippen LogP contribution in [0.4, 0.5) is 0 Å². The van der Waals surface area contributed by atoms with E-state index < -0.39 is 0 Å². The fraction of sp³-hybridized carbons (Fsp3) is 0.571. The number of likely N-dealkylation sites (tertiary alicyclic amines) is 1. The third-order valence-electron chi connectivity index (χ3n) is 5.75. The first-order valence-electron chi connectivity index (χ1n) is 9.71. The number of benzene rings is 1. The van der Waals surface area contributed by atoms with Gasteiger partial charge in [0.2, 0.25) is 0 Å². The van der Waals surface area contributed by atoms with Gasteiger partial charge >= 0.3 is 0 Å². The molecule has 4 rings (SSSR count). The van der Waals surface area contributed by atoms with Crippen LogP contribution in [0.15, 0.2) is 30.5 Å². The Morgan fingerprint density at radius 1 is 1.23 bits per heavy atom. The van der Waals surface area contributed by atoms with E-state index in [2.05, 4.69) is 40.8 Å². The first-order valence-corrected chi connectivity index (χ1v) is 9.71. The number of aryl methyl sites for hydroxylation is 1. The summed E-state index contributed by atoms with van der Waals surface area (Å²) in [6, 6.07) is 8.94. The van der Waals surface area contributed by atoms with Crippen LogP contribution in [0, 0.1) is 6.92 Å². The lowest BCUT2D eigenvalue weighted by atomic mass is 9.99. The number of methoxy groups -OCH3 is 1. The third kappa shape index (κ3) is 3.64. The maximum Gasteiger partial charge on any atom is 0.119 e. The van der Waals surface area contributed by atoms with Crippen LogP contribution in [0.25, 0.3) is 0 Å². The van der Waals surface area contributed by atoms with Crippen LogP contribution in [0.5, 0.6) is 5.75 Å². The number of ether oxygens (including phenoxy) is 2. The summed E-state index contributed by atoms with van der Waals surface area (Å²) in [5.41, 5.74) is 2.61. The number of rotatable bonds is 5. The molecule has 3 heterocycles. The second-order valence-electron chi connectivity index (χ2n) is 7.54. The lowest BCUT2D eigenvalue weighted by Gasteiger charge is -2.26. The minimum absolute atomic E-state index is 0.529. The molecule has 0 N–H and O–H groups in total. The highest BCUT2D eigenvalue weighted by molar-refractivity contribution is 5.28. The Kier molecular flexibility index (Phi) is 5.27. The number of hydrogen-bond acceptors (Lipinski definition) is 4. The van der Waals surface area contributed by atoms with E-state index in [0.29, 0.717) is 12.0 Å². The van der Waals surface area contributed by atoms with Crippen molar-refractivity contribution in [1.29, 1.82) is 0 Å². The van der Waals surface area contributed by atoms with Gasteiger partial charge < -0.3 is 14.0 Å². The molecule has 0 amide bonds. The zero-order chi connectivity index (χ0) is 17.9. The molecule has 0 spiro atoms. The minimum Gasteiger partial charge on any atom is -0.497 e. The third-order valence-corrected chi connectivity index (χ3v) is 5.75. The maximum atomic E-state index is 5.54. The van der Waals surface area contributed by atoms with E-state index in [1.807, 2.05) is 6.07 Å². The van der Waals surface area contributed by atoms with Crippen LogP contribution in [0.1, 0.15) is 48.3 Å². The Bertz CT molecular complexity index is 737. The fourth-order valence-corrected chi connectivity index (χ4v) is 4.39. The van der Waals surface area contributed by atoms with Crippen LogP contribution in [0.2, 0.25) is 0 Å². The first-order chi connectivity index (χ1) is 12.7. The van der Waals surface area contributed by atoms with Crippen molar-refractivity contribution in [2.24, 2.45) is 0 Å². The summed E-state index contributed by atoms with van der Waals surface area (Å²) in [4.78, 5) is 7.34. The van der Waals surface area contributed by atoms with Gasteiger partial charge in [-0.25, -0.2) is 4.98 Å². The molecule has 0 radical (unpaired) electrons. The number of hydrogen-bond donors (Lipinski definition) is 0. The van der Waals surface area contributed by atoms with E-state index in [9.17, 15) is 0 Å². The standard InChI is InChI=1S/C21H29N3O2/c1-16-13-22-21(18-7-10-26-11-8-18)24(16)19-6-9-23(15-19)14-17-4-3-5-20(12-17)25-2/h3-5,12-13,18-19H,6-11,14-15H2,1-2H3. The van der Waals surface area contributed by atoms with Gasteiger partial charge in [-0.15, -0.1) is 0 Å². The van der Waals surface area contributed by atoms with E-state index in [4.69, 9.17) is 14.5 Å². The predicted octanol–water partition coefficient (Wildman–Crippen LogP) is 3.54. The predicted molar refractivity (Wildman–Crippen MR) is 102 cm³/mol. The largest absolute Gasteiger partial charge is 0.497 e. The summed E-state index contributed by atoms with van der Waals surface area (Å²) >= 11 is 0. The molecule has 5 nitrogen and oxygen atoms in total. The van der Waals surface area contributed by atoms with Gasteiger partial charge in [0, 0.05) is 56.7 Å². The quantitative estimate of drug-likeness (QED) is 0.822. The van der Waals surface area contributed by atoms with Crippen LogP contribution >= 0.6 is 0 Å². The van der Waals surface area contributed by atoms with Crippen molar-refractivity contribution in [2.45, 2.75) is 44.7 Å². The average molecular weight is 355 g/mol. The number of nitrogens with zero attached hydrogens (tertiary/aromatic N) is 3. The van der Waals surface area contributed by atoms with Crippen molar-refractivity contribution >= 4 is 0 Å². The van der Waals surface area contributed by atoms with Crippen LogP contribution in [-0.2, 0) is 11.3 Å². The SMILES string of the molecule is COc1cccc(CN2CCC(n3c(C)cnc3C3CCOCC3)C2)c1. The minimum atomic E-state index is 0.529. The van der Waals surface area contributed by atoms with Gasteiger partial charge in [-0.1, -0.05) is 12.1 Å². The molecule has 26 heavy (non-hydrogen) atoms. The molecule has 1 aromatic heterocycles. The van der Waals surface area contributed by atoms with E-state index in [0.717, 1.165) is 51.4 Å². The van der Waals surface area contributed by atoms with Crippen LogP contribution in [-0.4, -0.2) is 47.9 Å². The van der Waals surface area contributed by atoms with Crippen molar-refractivity contribution < 1.29 is 9.47 Å². The lowest BCUT2D eigenvalue weighted by Crippen LogP contribution is -2.24. The summed E-state index contributed by atoms with van der Waals surface area (Å²) in [6.07, 6.45) is 5.43. The first kappa shape index (κ1) is 17.6. The van der Waals surface area contributed by atoms with Gasteiger partial charge in [-0.05, 0) is 43.9 Å². The van der Waals surface area contributed by atoms with Crippen molar-refractivity contribution in [1.82, 2.24) is 14.5 Å². The highest BCUT2D eigenvalue weighted by Crippen LogP contribution is 2.32. The van der Waals surface area contributed by atoms with Gasteiger partial charge in [0.25, 0.3) is 0 Å². The summed E-state index contributed by atoms with van der Waals surface area (Å²) in [6.45, 7) is 7.12. The zero-order valence-corrected chi connectivity index (χ0v) is 15.9. The van der Waals surface area contributed by atoms with Gasteiger partial charge in [0.15, 0.2) is 0 Å². The smallest absolute Gasteiger partial charge is 0.119 e. The molecule has 0 bridgehead atoms. The van der Waals surface area contributed by atoms with Crippen molar-refractivity contribution in [3.05, 3.63) is 47.5 Å². The molecule has 140 valence electrons. The maximum absolute atomic E-state index is 5.54. The lowest BCUT2D eigenvalue weighted by molar-refractivity contribution is 0.0824. The Morgan fingerprint density at radius 2 is 2.08 bits per heavy atom. The Labute approximate surface area is 155 Å². The van der Waals surface area contributed by atoms with Gasteiger partial charge in [-0.3, -0.25) is 4.90 Å². The molecule has 1 aromatic carbocycles. The zero-order valence-electron chi connectivity index (χ0n) is 15.9. The van der Waals surface area contributed by atoms with E-state index >= 15 is 0 Å². The molecule has 2 aromatic rings. The van der Waals surface area contributed by atoms with Crippen molar-refractivity contribution in [3.63, 3.8) is 0 Å². The number of aromatic nitrogens is 2. The molecule has 2 saturated heterocycles. The second-order valence-corrected chi connectivity index (χ2v) is 7.54. The molecular formula is C21H29N3O2. The normalized spacial score (nSPS) is 22.0. The number of imidazole rings is 1. The molecule has 2 fully saturated rings. The molecule has 1 unspecified atom stereocenters. The monoisotopic (exact) mass is 355 g/mol. The topological polar surface area (TPSA) is 39.5 Å². The Morgan fingerprint density at radius 3 is 2.88 bits per heavy atom. The average Bonchev–Trinajstić information content (AvgIpc) is 3.29. The highest BCUT2D eigenvalue weighted by atomic mass is 16.5. The van der Waals surface area contributed by atoms with Crippen LogP contribution < -0.4 is 4.74 Å². The fourth-order valence-electron chi connectivity index (χ4n) is 4.39. The molecule has 1 atom stereocenters. The molecular weight excluding hydrogens is 326 g/mol. The molecule has 0 aliphatic carbocycles. The Balaban J connectivity index is 1.46. The Hall–Kier alpha value is -1.85. The molecule has 2 aliphatic heterocycles. The summed E-state index contributed by atoms with van der Waals surface area (Å²) < 4.78 is 13.4. The van der Waals surface area contributed by atoms with Crippen molar-refractivity contribution in [3.8, 4) is 5.75 Å². The molecule has 5 heteroatoms. The van der Waals surface area contributed by atoms with E-state index in [1.165, 1.54) is 23.5 Å². The highest BCUT2D eigenvalue weighted by Gasteiger charge is 2.29. The second kappa shape index (κ2) is 7.80. The summed E-state index contributed by atoms with van der Waals surface area (Å²) in [5, 5.41) is 0. The van der Waals surface area contributed by atoms with Gasteiger partial charge in [0.05, 0.1) is 7.11 Å². The summed E-state index contributed by atoms with van der Waals surface area (Å²) in [5.74, 6) is 2.76. The van der Waals surface area contributed by atoms with E-state index in [-0.39, 0.29) is 0 Å². The van der Waals surface area contributed by atoms with Gasteiger partial charge in [-0.2, -0.15) is 0 Å².